The summed E-state index contributed by atoms with van der Waals surface area (Å²) in [4.78, 5) is 41.1. The van der Waals surface area contributed by atoms with Crippen LogP contribution in [0.1, 0.15) is 38.7 Å². The molecule has 2 aliphatic rings. The van der Waals surface area contributed by atoms with Crippen molar-refractivity contribution in [2.45, 2.75) is 40.0 Å². The Bertz CT molecular complexity index is 1280. The van der Waals surface area contributed by atoms with Gasteiger partial charge in [-0.2, -0.15) is 0 Å². The Hall–Kier alpha value is -3.68. The van der Waals surface area contributed by atoms with Gasteiger partial charge < -0.3 is 20.0 Å². The number of aryl methyl sites for hydroxylation is 1. The first-order valence-corrected chi connectivity index (χ1v) is 13.8. The number of hydrogen-bond donors (Lipinski definition) is 1. The van der Waals surface area contributed by atoms with Crippen molar-refractivity contribution in [2.75, 3.05) is 54.4 Å². The van der Waals surface area contributed by atoms with Crippen LogP contribution in [-0.4, -0.2) is 66.0 Å². The summed E-state index contributed by atoms with van der Waals surface area (Å²) in [6.45, 7) is 11.6. The number of piperazine rings is 1. The molecule has 5 rings (SSSR count). The second-order valence-corrected chi connectivity index (χ2v) is 11.0. The van der Waals surface area contributed by atoms with Gasteiger partial charge in [0.15, 0.2) is 0 Å². The Morgan fingerprint density at radius 2 is 1.68 bits per heavy atom. The molecule has 3 aromatic rings. The second kappa shape index (κ2) is 11.4. The molecule has 2 fully saturated rings. The summed E-state index contributed by atoms with van der Waals surface area (Å²) in [5.41, 5.74) is 2.81. The van der Waals surface area contributed by atoms with Crippen LogP contribution in [0.15, 0.2) is 48.7 Å². The van der Waals surface area contributed by atoms with Crippen molar-refractivity contribution >= 4 is 40.0 Å². The molecule has 4 heterocycles. The number of benzene rings is 1. The zero-order valence-electron chi connectivity index (χ0n) is 22.7. The largest absolute Gasteiger partial charge is 0.356 e. The number of carbonyl (C=O) groups is 2. The molecule has 2 atom stereocenters. The van der Waals surface area contributed by atoms with Crippen LogP contribution in [0.4, 0.5) is 17.3 Å². The summed E-state index contributed by atoms with van der Waals surface area (Å²) >= 11 is 0. The minimum atomic E-state index is -0.150. The summed E-state index contributed by atoms with van der Waals surface area (Å²) in [5, 5.41) is 4.01. The number of hydrogen-bond acceptors (Lipinski definition) is 6. The summed E-state index contributed by atoms with van der Waals surface area (Å²) in [6.07, 6.45) is 3.42. The quantitative estimate of drug-likeness (QED) is 0.522. The highest BCUT2D eigenvalue weighted by Gasteiger charge is 2.24. The van der Waals surface area contributed by atoms with E-state index < -0.39 is 0 Å². The fraction of sp³-hybridized carbons (Fsp3) is 0.467. The van der Waals surface area contributed by atoms with Crippen LogP contribution >= 0.6 is 0 Å². The molecule has 0 radical (unpaired) electrons. The van der Waals surface area contributed by atoms with E-state index in [9.17, 15) is 9.59 Å². The van der Waals surface area contributed by atoms with Gasteiger partial charge >= 0.3 is 0 Å². The van der Waals surface area contributed by atoms with Gasteiger partial charge in [-0.25, -0.2) is 9.97 Å². The van der Waals surface area contributed by atoms with Gasteiger partial charge in [-0.15, -0.1) is 0 Å². The van der Waals surface area contributed by atoms with Crippen molar-refractivity contribution < 1.29 is 9.59 Å². The van der Waals surface area contributed by atoms with Crippen molar-refractivity contribution in [3.05, 3.63) is 54.2 Å². The molecule has 0 aliphatic carbocycles. The maximum atomic E-state index is 12.7. The van der Waals surface area contributed by atoms with E-state index in [1.54, 1.807) is 6.20 Å². The Labute approximate surface area is 225 Å². The molecule has 1 N–H and O–H groups in total. The smallest absolute Gasteiger partial charge is 0.224 e. The average Bonchev–Trinajstić information content (AvgIpc) is 2.92. The first-order valence-electron chi connectivity index (χ1n) is 13.8. The molecule has 38 heavy (non-hydrogen) atoms. The zero-order valence-corrected chi connectivity index (χ0v) is 22.7. The lowest BCUT2D eigenvalue weighted by molar-refractivity contribution is -0.133. The zero-order chi connectivity index (χ0) is 26.6. The molecule has 200 valence electrons. The van der Waals surface area contributed by atoms with Crippen LogP contribution in [-0.2, 0) is 9.59 Å². The van der Waals surface area contributed by atoms with Crippen LogP contribution in [0.2, 0.25) is 0 Å². The molecule has 8 nitrogen and oxygen atoms in total. The Morgan fingerprint density at radius 1 is 0.921 bits per heavy atom. The van der Waals surface area contributed by atoms with Crippen LogP contribution in [0.5, 0.6) is 0 Å². The van der Waals surface area contributed by atoms with E-state index in [2.05, 4.69) is 46.9 Å². The molecule has 0 bridgehead atoms. The van der Waals surface area contributed by atoms with E-state index in [0.29, 0.717) is 24.9 Å². The van der Waals surface area contributed by atoms with Crippen molar-refractivity contribution in [2.24, 2.45) is 11.8 Å². The van der Waals surface area contributed by atoms with Gasteiger partial charge in [-0.1, -0.05) is 19.9 Å². The maximum Gasteiger partial charge on any atom is 0.224 e. The fourth-order valence-electron chi connectivity index (χ4n) is 5.79. The van der Waals surface area contributed by atoms with Crippen molar-refractivity contribution in [3.8, 4) is 0 Å². The van der Waals surface area contributed by atoms with E-state index in [-0.39, 0.29) is 24.7 Å². The van der Waals surface area contributed by atoms with Crippen molar-refractivity contribution in [1.29, 1.82) is 0 Å². The number of anilines is 3. The Balaban J connectivity index is 1.14. The number of aromatic nitrogens is 2. The molecule has 2 aromatic heterocycles. The van der Waals surface area contributed by atoms with Gasteiger partial charge in [0.25, 0.3) is 0 Å². The molecule has 0 saturated carbocycles. The minimum Gasteiger partial charge on any atom is -0.356 e. The van der Waals surface area contributed by atoms with E-state index in [1.165, 1.54) is 6.42 Å². The van der Waals surface area contributed by atoms with Gasteiger partial charge in [-0.3, -0.25) is 9.59 Å². The van der Waals surface area contributed by atoms with Gasteiger partial charge in [0.1, 0.15) is 11.6 Å². The lowest BCUT2D eigenvalue weighted by atomic mass is 9.92. The summed E-state index contributed by atoms with van der Waals surface area (Å²) in [6, 6.07) is 13.9. The van der Waals surface area contributed by atoms with E-state index in [1.807, 2.05) is 41.3 Å². The topological polar surface area (TPSA) is 81.7 Å². The highest BCUT2D eigenvalue weighted by atomic mass is 16.2. The Kier molecular flexibility index (Phi) is 7.77. The van der Waals surface area contributed by atoms with Gasteiger partial charge in [0.2, 0.25) is 11.8 Å². The molecule has 8 heteroatoms. The van der Waals surface area contributed by atoms with Crippen LogP contribution < -0.4 is 15.1 Å². The molecule has 2 aliphatic heterocycles. The number of nitrogens with one attached hydrogen (secondary N) is 1. The van der Waals surface area contributed by atoms with Crippen molar-refractivity contribution in [1.82, 2.24) is 14.9 Å². The molecule has 0 unspecified atom stereocenters. The van der Waals surface area contributed by atoms with E-state index >= 15 is 0 Å². The molecular formula is C30H38N6O2. The third-order valence-corrected chi connectivity index (χ3v) is 7.65. The number of fused-ring (bicyclic) bond motifs is 1. The predicted octanol–water partition coefficient (Wildman–Crippen LogP) is 4.49. The van der Waals surface area contributed by atoms with Gasteiger partial charge in [0.05, 0.1) is 5.52 Å². The van der Waals surface area contributed by atoms with Gasteiger partial charge in [-0.05, 0) is 67.1 Å². The first-order chi connectivity index (χ1) is 18.4. The standard InChI is InChI=1S/C30H38N6O2/c1-21-16-22(2)20-36(19-21)28-17-23(3)25-18-24(7-8-26(25)33-28)32-29(37)9-10-30(38)35-14-12-34(13-15-35)27-6-4-5-11-31-27/h4-8,11,17-18,21-22H,9-10,12-16,19-20H2,1-3H3,(H,32,37)/t21-,22-/m1/s1. The highest BCUT2D eigenvalue weighted by Crippen LogP contribution is 2.29. The average molecular weight is 515 g/mol. The second-order valence-electron chi connectivity index (χ2n) is 11.0. The van der Waals surface area contributed by atoms with Crippen LogP contribution in [0.25, 0.3) is 10.9 Å². The van der Waals surface area contributed by atoms with Gasteiger partial charge in [0, 0.05) is 69.4 Å². The number of nitrogens with zero attached hydrogens (tertiary/aromatic N) is 5. The summed E-state index contributed by atoms with van der Waals surface area (Å²) < 4.78 is 0. The minimum absolute atomic E-state index is 0.0215. The molecule has 2 amide bonds. The SMILES string of the molecule is Cc1cc(N2C[C@H](C)C[C@@H](C)C2)nc2ccc(NC(=O)CCC(=O)N3CCN(c4ccccn4)CC3)cc12. The summed E-state index contributed by atoms with van der Waals surface area (Å²) in [5.74, 6) is 3.17. The molecule has 0 spiro atoms. The molecular weight excluding hydrogens is 476 g/mol. The third-order valence-electron chi connectivity index (χ3n) is 7.65. The number of pyridine rings is 2. The number of rotatable bonds is 6. The number of piperidine rings is 1. The number of amides is 2. The molecule has 2 saturated heterocycles. The normalized spacial score (nSPS) is 20.0. The fourth-order valence-corrected chi connectivity index (χ4v) is 5.79. The predicted molar refractivity (Wildman–Crippen MR) is 153 cm³/mol. The monoisotopic (exact) mass is 514 g/mol. The Morgan fingerprint density at radius 3 is 2.39 bits per heavy atom. The maximum absolute atomic E-state index is 12.7. The van der Waals surface area contributed by atoms with E-state index in [4.69, 9.17) is 4.98 Å². The highest BCUT2D eigenvalue weighted by molar-refractivity contribution is 5.96. The number of carbonyl (C=O) groups excluding carboxylic acids is 2. The lowest BCUT2D eigenvalue weighted by Crippen LogP contribution is -2.49. The third kappa shape index (κ3) is 6.06. The van der Waals surface area contributed by atoms with E-state index in [0.717, 1.165) is 60.0 Å². The lowest BCUT2D eigenvalue weighted by Gasteiger charge is -2.36. The van der Waals surface area contributed by atoms with Crippen LogP contribution in [0.3, 0.4) is 0 Å². The first kappa shape index (κ1) is 25.9. The van der Waals surface area contributed by atoms with Crippen molar-refractivity contribution in [3.63, 3.8) is 0 Å². The molecule has 1 aromatic carbocycles. The summed E-state index contributed by atoms with van der Waals surface area (Å²) in [7, 11) is 0. The van der Waals surface area contributed by atoms with Crippen LogP contribution in [0, 0.1) is 18.8 Å².